The van der Waals surface area contributed by atoms with Gasteiger partial charge < -0.3 is 15.1 Å². The molecule has 7 nitrogen and oxygen atoms in total. The molecule has 2 amide bonds. The van der Waals surface area contributed by atoms with Crippen LogP contribution in [0.15, 0.2) is 30.3 Å². The van der Waals surface area contributed by atoms with Gasteiger partial charge in [-0.1, -0.05) is 18.2 Å². The Bertz CT molecular complexity index is 883. The second kappa shape index (κ2) is 8.97. The largest absolute Gasteiger partial charge is 0.336 e. The quantitative estimate of drug-likeness (QED) is 0.828. The molecule has 0 bridgehead atoms. The van der Waals surface area contributed by atoms with Crippen LogP contribution in [0.5, 0.6) is 0 Å². The topological polar surface area (TPSA) is 70.5 Å². The highest BCUT2D eigenvalue weighted by molar-refractivity contribution is 5.96. The zero-order valence-electron chi connectivity index (χ0n) is 16.9. The molecular formula is C21H28ClN5O2. The lowest BCUT2D eigenvalue weighted by molar-refractivity contribution is -0.135. The minimum Gasteiger partial charge on any atom is -0.336 e. The van der Waals surface area contributed by atoms with Gasteiger partial charge in [0.25, 0.3) is 5.91 Å². The van der Waals surface area contributed by atoms with Gasteiger partial charge in [0.2, 0.25) is 5.91 Å². The first-order valence-corrected chi connectivity index (χ1v) is 9.97. The highest BCUT2D eigenvalue weighted by Gasteiger charge is 2.33. The second-order valence-electron chi connectivity index (χ2n) is 7.60. The van der Waals surface area contributed by atoms with Crippen LogP contribution in [0.1, 0.15) is 34.6 Å². The minimum atomic E-state index is 0. The van der Waals surface area contributed by atoms with Crippen LogP contribution in [-0.4, -0.2) is 70.2 Å². The third kappa shape index (κ3) is 4.16. The Kier molecular flexibility index (Phi) is 6.59. The lowest BCUT2D eigenvalue weighted by Crippen LogP contribution is -2.57. The average molecular weight is 418 g/mol. The molecule has 2 fully saturated rings. The summed E-state index contributed by atoms with van der Waals surface area (Å²) in [6, 6.07) is 9.98. The lowest BCUT2D eigenvalue weighted by atomic mass is 10.0. The number of carbonyl (C=O) groups excluding carboxylic acids is 2. The molecule has 4 rings (SSSR count). The standard InChI is InChI=1S/C21H27N5O2.ClH/c1-15-20(16(2)26(23-15)17-7-4-3-5-8-17)21(28)24-11-6-9-18(14-24)25-12-10-22-13-19(25)27;/h3-5,7-8,18,22H,6,9-14H2,1-2H3;1H. The van der Waals surface area contributed by atoms with Crippen molar-refractivity contribution in [1.29, 1.82) is 0 Å². The Balaban J connectivity index is 0.00000240. The number of amides is 2. The number of rotatable bonds is 3. The van der Waals surface area contributed by atoms with Crippen molar-refractivity contribution in [3.8, 4) is 5.69 Å². The molecule has 2 saturated heterocycles. The van der Waals surface area contributed by atoms with E-state index in [2.05, 4.69) is 10.4 Å². The zero-order valence-corrected chi connectivity index (χ0v) is 17.7. The maximum absolute atomic E-state index is 13.4. The molecule has 1 aromatic heterocycles. The Labute approximate surface area is 177 Å². The van der Waals surface area contributed by atoms with Crippen molar-refractivity contribution in [3.63, 3.8) is 0 Å². The van der Waals surface area contributed by atoms with E-state index in [1.165, 1.54) is 0 Å². The van der Waals surface area contributed by atoms with Crippen LogP contribution < -0.4 is 5.32 Å². The van der Waals surface area contributed by atoms with Gasteiger partial charge in [-0.2, -0.15) is 5.10 Å². The summed E-state index contributed by atoms with van der Waals surface area (Å²) >= 11 is 0. The predicted molar refractivity (Wildman–Crippen MR) is 114 cm³/mol. The van der Waals surface area contributed by atoms with E-state index in [0.717, 1.165) is 49.6 Å². The first-order chi connectivity index (χ1) is 13.6. The number of hydrogen-bond acceptors (Lipinski definition) is 4. The van der Waals surface area contributed by atoms with E-state index in [1.807, 2.05) is 58.7 Å². The maximum Gasteiger partial charge on any atom is 0.257 e. The number of aromatic nitrogens is 2. The number of halogens is 1. The molecule has 8 heteroatoms. The Hall–Kier alpha value is -2.38. The number of hydrogen-bond donors (Lipinski definition) is 1. The van der Waals surface area contributed by atoms with E-state index in [0.29, 0.717) is 18.7 Å². The highest BCUT2D eigenvalue weighted by atomic mass is 35.5. The molecule has 2 aliphatic rings. The van der Waals surface area contributed by atoms with Gasteiger partial charge >= 0.3 is 0 Å². The Morgan fingerprint density at radius 1 is 1.17 bits per heavy atom. The van der Waals surface area contributed by atoms with Gasteiger partial charge in [-0.3, -0.25) is 9.59 Å². The molecule has 2 aliphatic heterocycles. The third-order valence-electron chi connectivity index (χ3n) is 5.76. The number of carbonyl (C=O) groups is 2. The SMILES string of the molecule is Cc1nn(-c2ccccc2)c(C)c1C(=O)N1CCCC(N2CCNCC2=O)C1.Cl. The first kappa shape index (κ1) is 21.3. The van der Waals surface area contributed by atoms with Gasteiger partial charge in [-0.15, -0.1) is 12.4 Å². The number of nitrogens with one attached hydrogen (secondary N) is 1. The number of benzene rings is 1. The number of piperidine rings is 1. The Morgan fingerprint density at radius 2 is 1.93 bits per heavy atom. The van der Waals surface area contributed by atoms with Gasteiger partial charge in [0.15, 0.2) is 0 Å². The van der Waals surface area contributed by atoms with Gasteiger partial charge in [0.1, 0.15) is 0 Å². The van der Waals surface area contributed by atoms with E-state index < -0.39 is 0 Å². The summed E-state index contributed by atoms with van der Waals surface area (Å²) in [5, 5.41) is 7.73. The number of para-hydroxylation sites is 1. The van der Waals surface area contributed by atoms with Gasteiger partial charge in [-0.05, 0) is 38.8 Å². The Morgan fingerprint density at radius 3 is 2.66 bits per heavy atom. The molecule has 0 aliphatic carbocycles. The van der Waals surface area contributed by atoms with Gasteiger partial charge in [0.05, 0.1) is 29.2 Å². The number of nitrogens with zero attached hydrogens (tertiary/aromatic N) is 4. The average Bonchev–Trinajstić information content (AvgIpc) is 3.02. The van der Waals surface area contributed by atoms with Gasteiger partial charge in [0, 0.05) is 32.2 Å². The van der Waals surface area contributed by atoms with E-state index >= 15 is 0 Å². The molecular weight excluding hydrogens is 390 g/mol. The normalized spacial score (nSPS) is 19.8. The van der Waals surface area contributed by atoms with Crippen LogP contribution in [0.2, 0.25) is 0 Å². The van der Waals surface area contributed by atoms with Crippen molar-refractivity contribution in [3.05, 3.63) is 47.3 Å². The smallest absolute Gasteiger partial charge is 0.257 e. The van der Waals surface area contributed by atoms with Crippen molar-refractivity contribution in [2.75, 3.05) is 32.7 Å². The molecule has 0 saturated carbocycles. The highest BCUT2D eigenvalue weighted by Crippen LogP contribution is 2.23. The molecule has 1 unspecified atom stereocenters. The van der Waals surface area contributed by atoms with Gasteiger partial charge in [-0.25, -0.2) is 4.68 Å². The third-order valence-corrected chi connectivity index (χ3v) is 5.76. The molecule has 0 radical (unpaired) electrons. The van der Waals surface area contributed by atoms with Crippen LogP contribution in [0.25, 0.3) is 5.69 Å². The molecule has 0 spiro atoms. The van der Waals surface area contributed by atoms with Crippen LogP contribution >= 0.6 is 12.4 Å². The summed E-state index contributed by atoms with van der Waals surface area (Å²) in [6.07, 6.45) is 1.87. The fraction of sp³-hybridized carbons (Fsp3) is 0.476. The van der Waals surface area contributed by atoms with E-state index in [1.54, 1.807) is 0 Å². The molecule has 1 N–H and O–H groups in total. The second-order valence-corrected chi connectivity index (χ2v) is 7.60. The van der Waals surface area contributed by atoms with Crippen LogP contribution in [0.3, 0.4) is 0 Å². The minimum absolute atomic E-state index is 0. The molecule has 1 aromatic carbocycles. The molecule has 3 heterocycles. The summed E-state index contributed by atoms with van der Waals surface area (Å²) in [4.78, 5) is 29.5. The lowest BCUT2D eigenvalue weighted by Gasteiger charge is -2.41. The zero-order chi connectivity index (χ0) is 19.7. The summed E-state index contributed by atoms with van der Waals surface area (Å²) in [7, 11) is 0. The predicted octanol–water partition coefficient (Wildman–Crippen LogP) is 1.95. The first-order valence-electron chi connectivity index (χ1n) is 9.97. The molecule has 29 heavy (non-hydrogen) atoms. The number of piperazine rings is 1. The van der Waals surface area contributed by atoms with Crippen LogP contribution in [0.4, 0.5) is 0 Å². The molecule has 156 valence electrons. The summed E-state index contributed by atoms with van der Waals surface area (Å²) in [6.45, 7) is 7.09. The fourth-order valence-corrected chi connectivity index (χ4v) is 4.33. The monoisotopic (exact) mass is 417 g/mol. The van der Waals surface area contributed by atoms with E-state index in [9.17, 15) is 9.59 Å². The van der Waals surface area contributed by atoms with Crippen molar-refractivity contribution < 1.29 is 9.59 Å². The maximum atomic E-state index is 13.4. The number of likely N-dealkylation sites (tertiary alicyclic amines) is 1. The van der Waals surface area contributed by atoms with E-state index in [-0.39, 0.29) is 30.3 Å². The van der Waals surface area contributed by atoms with Crippen molar-refractivity contribution >= 4 is 24.2 Å². The molecule has 1 atom stereocenters. The number of aryl methyl sites for hydroxylation is 1. The summed E-state index contributed by atoms with van der Waals surface area (Å²) in [5.41, 5.74) is 3.22. The van der Waals surface area contributed by atoms with Crippen LogP contribution in [-0.2, 0) is 4.79 Å². The van der Waals surface area contributed by atoms with Crippen LogP contribution in [0, 0.1) is 13.8 Å². The molecule has 2 aromatic rings. The van der Waals surface area contributed by atoms with Crippen molar-refractivity contribution in [2.24, 2.45) is 0 Å². The van der Waals surface area contributed by atoms with Crippen molar-refractivity contribution in [2.45, 2.75) is 32.7 Å². The van der Waals surface area contributed by atoms with E-state index in [4.69, 9.17) is 0 Å². The fourth-order valence-electron chi connectivity index (χ4n) is 4.33. The summed E-state index contributed by atoms with van der Waals surface area (Å²) < 4.78 is 1.84. The summed E-state index contributed by atoms with van der Waals surface area (Å²) in [5.74, 6) is 0.152. The van der Waals surface area contributed by atoms with Crippen molar-refractivity contribution in [1.82, 2.24) is 24.9 Å².